The molecular weight excluding hydrogens is 195 g/mol. The van der Waals surface area contributed by atoms with Gasteiger partial charge in [0, 0.05) is 0 Å². The number of aryl methyl sites for hydroxylation is 1. The Morgan fingerprint density at radius 3 is 2.60 bits per heavy atom. The van der Waals surface area contributed by atoms with Gasteiger partial charge in [-0.2, -0.15) is 0 Å². The average Bonchev–Trinajstić information content (AvgIpc) is 2.18. The lowest BCUT2D eigenvalue weighted by atomic mass is 9.91. The van der Waals surface area contributed by atoms with Gasteiger partial charge >= 0.3 is 5.97 Å². The van der Waals surface area contributed by atoms with Crippen LogP contribution < -0.4 is 0 Å². The molecule has 0 aliphatic heterocycles. The predicted molar refractivity (Wildman–Crippen MR) is 56.4 cm³/mol. The lowest BCUT2D eigenvalue weighted by molar-refractivity contribution is -0.138. The van der Waals surface area contributed by atoms with Crippen molar-refractivity contribution in [1.82, 2.24) is 0 Å². The molecule has 15 heavy (non-hydrogen) atoms. The molecular formula is C12H15FO2. The fraction of sp³-hybridized carbons (Fsp3) is 0.417. The molecule has 0 aromatic heterocycles. The molecule has 1 aromatic carbocycles. The van der Waals surface area contributed by atoms with Crippen LogP contribution >= 0.6 is 0 Å². The predicted octanol–water partition coefficient (Wildman–Crippen LogP) is 2.97. The van der Waals surface area contributed by atoms with Crippen LogP contribution in [0.25, 0.3) is 0 Å². The van der Waals surface area contributed by atoms with E-state index in [1.807, 2.05) is 6.92 Å². The van der Waals surface area contributed by atoms with Crippen LogP contribution in [0, 0.1) is 5.82 Å². The van der Waals surface area contributed by atoms with Crippen molar-refractivity contribution in [1.29, 1.82) is 0 Å². The number of aliphatic carboxylic acids is 1. The van der Waals surface area contributed by atoms with Crippen molar-refractivity contribution in [3.8, 4) is 0 Å². The molecule has 3 heteroatoms. The summed E-state index contributed by atoms with van der Waals surface area (Å²) in [7, 11) is 0. The summed E-state index contributed by atoms with van der Waals surface area (Å²) in [4.78, 5) is 11.0. The highest BCUT2D eigenvalue weighted by atomic mass is 19.1. The van der Waals surface area contributed by atoms with E-state index < -0.39 is 11.9 Å². The minimum Gasteiger partial charge on any atom is -0.481 e. The van der Waals surface area contributed by atoms with Crippen molar-refractivity contribution in [2.24, 2.45) is 0 Å². The summed E-state index contributed by atoms with van der Waals surface area (Å²) in [6.07, 6.45) is 1.20. The fourth-order valence-electron chi connectivity index (χ4n) is 1.74. The third kappa shape index (κ3) is 2.55. The van der Waals surface area contributed by atoms with Gasteiger partial charge in [-0.3, -0.25) is 4.79 Å². The monoisotopic (exact) mass is 210 g/mol. The minimum atomic E-state index is -0.891. The first-order valence-electron chi connectivity index (χ1n) is 5.11. The van der Waals surface area contributed by atoms with Gasteiger partial charge in [0.15, 0.2) is 0 Å². The highest BCUT2D eigenvalue weighted by Crippen LogP contribution is 2.25. The SMILES string of the molecule is CCc1ccc(F)cc1C(CC)C(=O)O. The van der Waals surface area contributed by atoms with Gasteiger partial charge in [-0.15, -0.1) is 0 Å². The van der Waals surface area contributed by atoms with Gasteiger partial charge in [-0.25, -0.2) is 4.39 Å². The summed E-state index contributed by atoms with van der Waals surface area (Å²) in [5, 5.41) is 9.02. The first kappa shape index (κ1) is 11.7. The number of hydrogen-bond acceptors (Lipinski definition) is 1. The van der Waals surface area contributed by atoms with E-state index in [0.29, 0.717) is 12.0 Å². The summed E-state index contributed by atoms with van der Waals surface area (Å²) in [6.45, 7) is 3.73. The Hall–Kier alpha value is -1.38. The quantitative estimate of drug-likeness (QED) is 0.829. The molecule has 1 unspecified atom stereocenters. The third-order valence-electron chi connectivity index (χ3n) is 2.57. The van der Waals surface area contributed by atoms with Crippen molar-refractivity contribution in [3.63, 3.8) is 0 Å². The number of benzene rings is 1. The van der Waals surface area contributed by atoms with Crippen LogP contribution in [0.3, 0.4) is 0 Å². The Labute approximate surface area is 88.7 Å². The van der Waals surface area contributed by atoms with Gasteiger partial charge in [0.25, 0.3) is 0 Å². The molecule has 1 rings (SSSR count). The Morgan fingerprint density at radius 1 is 1.47 bits per heavy atom. The Kier molecular flexibility index (Phi) is 3.83. The second kappa shape index (κ2) is 4.91. The van der Waals surface area contributed by atoms with Crippen LogP contribution in [-0.2, 0) is 11.2 Å². The molecule has 0 radical (unpaired) electrons. The molecule has 0 aliphatic rings. The van der Waals surface area contributed by atoms with Gasteiger partial charge in [0.2, 0.25) is 0 Å². The standard InChI is InChI=1S/C12H15FO2/c1-3-8-5-6-9(13)7-11(8)10(4-2)12(14)15/h5-7,10H,3-4H2,1-2H3,(H,14,15). The van der Waals surface area contributed by atoms with Crippen LogP contribution in [0.15, 0.2) is 18.2 Å². The van der Waals surface area contributed by atoms with Gasteiger partial charge in [0.05, 0.1) is 5.92 Å². The normalized spacial score (nSPS) is 12.5. The molecule has 0 aliphatic carbocycles. The Bertz CT molecular complexity index is 361. The number of hydrogen-bond donors (Lipinski definition) is 1. The molecule has 1 atom stereocenters. The highest BCUT2D eigenvalue weighted by Gasteiger charge is 2.20. The number of rotatable bonds is 4. The molecule has 2 nitrogen and oxygen atoms in total. The van der Waals surface area contributed by atoms with E-state index in [4.69, 9.17) is 5.11 Å². The van der Waals surface area contributed by atoms with Gasteiger partial charge < -0.3 is 5.11 Å². The van der Waals surface area contributed by atoms with E-state index in [1.165, 1.54) is 12.1 Å². The zero-order valence-corrected chi connectivity index (χ0v) is 8.96. The summed E-state index contributed by atoms with van der Waals surface area (Å²) in [5.74, 6) is -1.87. The maximum atomic E-state index is 13.1. The number of carboxylic acids is 1. The molecule has 1 N–H and O–H groups in total. The molecule has 0 saturated heterocycles. The van der Waals surface area contributed by atoms with Crippen LogP contribution in [0.5, 0.6) is 0 Å². The van der Waals surface area contributed by atoms with Gasteiger partial charge in [-0.1, -0.05) is 19.9 Å². The zero-order chi connectivity index (χ0) is 11.4. The third-order valence-corrected chi connectivity index (χ3v) is 2.57. The van der Waals surface area contributed by atoms with Crippen molar-refractivity contribution >= 4 is 5.97 Å². The molecule has 0 bridgehead atoms. The Morgan fingerprint density at radius 2 is 2.13 bits per heavy atom. The molecule has 1 aromatic rings. The second-order valence-corrected chi connectivity index (χ2v) is 3.50. The molecule has 0 amide bonds. The number of carbonyl (C=O) groups is 1. The summed E-state index contributed by atoms with van der Waals surface area (Å²) < 4.78 is 13.1. The molecule has 0 fully saturated rings. The fourth-order valence-corrected chi connectivity index (χ4v) is 1.74. The lowest BCUT2D eigenvalue weighted by Gasteiger charge is -2.14. The zero-order valence-electron chi connectivity index (χ0n) is 8.96. The second-order valence-electron chi connectivity index (χ2n) is 3.50. The van der Waals surface area contributed by atoms with Crippen molar-refractivity contribution < 1.29 is 14.3 Å². The number of carboxylic acid groups (broad SMARTS) is 1. The largest absolute Gasteiger partial charge is 0.481 e. The van der Waals surface area contributed by atoms with Crippen LogP contribution in [0.4, 0.5) is 4.39 Å². The van der Waals surface area contributed by atoms with Crippen LogP contribution in [-0.4, -0.2) is 11.1 Å². The maximum Gasteiger partial charge on any atom is 0.310 e. The molecule has 0 saturated carbocycles. The summed E-state index contributed by atoms with van der Waals surface area (Å²) in [5.41, 5.74) is 1.51. The van der Waals surface area contributed by atoms with Gasteiger partial charge in [-0.05, 0) is 36.1 Å². The van der Waals surface area contributed by atoms with Crippen molar-refractivity contribution in [2.75, 3.05) is 0 Å². The van der Waals surface area contributed by atoms with Crippen LogP contribution in [0.1, 0.15) is 37.3 Å². The minimum absolute atomic E-state index is 0.373. The first-order valence-corrected chi connectivity index (χ1v) is 5.11. The van der Waals surface area contributed by atoms with Crippen LogP contribution in [0.2, 0.25) is 0 Å². The molecule has 82 valence electrons. The summed E-state index contributed by atoms with van der Waals surface area (Å²) in [6, 6.07) is 4.37. The van der Waals surface area contributed by atoms with E-state index in [9.17, 15) is 9.18 Å². The first-order chi connectivity index (χ1) is 7.10. The lowest BCUT2D eigenvalue weighted by Crippen LogP contribution is -2.12. The van der Waals surface area contributed by atoms with E-state index in [2.05, 4.69) is 0 Å². The Balaban J connectivity index is 3.19. The smallest absolute Gasteiger partial charge is 0.310 e. The van der Waals surface area contributed by atoms with E-state index in [-0.39, 0.29) is 5.82 Å². The van der Waals surface area contributed by atoms with Crippen molar-refractivity contribution in [3.05, 3.63) is 35.1 Å². The van der Waals surface area contributed by atoms with Crippen molar-refractivity contribution in [2.45, 2.75) is 32.6 Å². The average molecular weight is 210 g/mol. The highest BCUT2D eigenvalue weighted by molar-refractivity contribution is 5.76. The number of halogens is 1. The van der Waals surface area contributed by atoms with Gasteiger partial charge in [0.1, 0.15) is 5.82 Å². The summed E-state index contributed by atoms with van der Waals surface area (Å²) >= 11 is 0. The topological polar surface area (TPSA) is 37.3 Å². The van der Waals surface area contributed by atoms with E-state index in [1.54, 1.807) is 13.0 Å². The maximum absolute atomic E-state index is 13.1. The van der Waals surface area contributed by atoms with E-state index >= 15 is 0 Å². The molecule has 0 spiro atoms. The van der Waals surface area contributed by atoms with E-state index in [0.717, 1.165) is 12.0 Å². The molecule has 0 heterocycles.